The Balaban J connectivity index is 1.97. The van der Waals surface area contributed by atoms with E-state index >= 15 is 0 Å². The quantitative estimate of drug-likeness (QED) is 0.797. The normalized spacial score (nSPS) is 20.4. The highest BCUT2D eigenvalue weighted by molar-refractivity contribution is 6.42. The summed E-state index contributed by atoms with van der Waals surface area (Å²) in [5.41, 5.74) is 0.621. The number of Topliss-reactive ketones (excluding diaryl/α,β-unsaturated/α-hetero) is 1. The van der Waals surface area contributed by atoms with E-state index in [0.717, 1.165) is 19.5 Å². The van der Waals surface area contributed by atoms with Gasteiger partial charge in [0.2, 0.25) is 0 Å². The lowest BCUT2D eigenvalue weighted by atomic mass is 10.0. The van der Waals surface area contributed by atoms with E-state index in [9.17, 15) is 4.79 Å². The average Bonchev–Trinajstić information content (AvgIpc) is 2.41. The number of hydrogen-bond donors (Lipinski definition) is 0. The van der Waals surface area contributed by atoms with E-state index in [0.29, 0.717) is 28.2 Å². The van der Waals surface area contributed by atoms with E-state index in [4.69, 9.17) is 23.2 Å². The van der Waals surface area contributed by atoms with Gasteiger partial charge in [0.15, 0.2) is 5.78 Å². The lowest BCUT2D eigenvalue weighted by Gasteiger charge is -2.35. The number of ketones is 1. The molecule has 1 aliphatic rings. The van der Waals surface area contributed by atoms with Crippen molar-refractivity contribution >= 4 is 29.0 Å². The molecule has 1 atom stereocenters. The summed E-state index contributed by atoms with van der Waals surface area (Å²) in [6, 6.07) is 5.50. The molecule has 1 aromatic carbocycles. The first-order valence-corrected chi connectivity index (χ1v) is 7.60. The van der Waals surface area contributed by atoms with Crippen molar-refractivity contribution in [1.82, 2.24) is 9.80 Å². The fourth-order valence-electron chi connectivity index (χ4n) is 2.62. The molecule has 0 bridgehead atoms. The third kappa shape index (κ3) is 3.95. The molecule has 0 spiro atoms. The van der Waals surface area contributed by atoms with Gasteiger partial charge in [-0.2, -0.15) is 0 Å². The highest BCUT2D eigenvalue weighted by Crippen LogP contribution is 2.23. The summed E-state index contributed by atoms with van der Waals surface area (Å²) in [7, 11) is 4.14. The Bertz CT molecular complexity index is 493. The number of rotatable bonds is 4. The molecular weight excluding hydrogens is 295 g/mol. The SMILES string of the molecule is CN1CCCC(N(C)CC(=O)c2ccc(Cl)c(Cl)c2)C1. The van der Waals surface area contributed by atoms with Crippen molar-refractivity contribution in [2.75, 3.05) is 33.7 Å². The molecule has 0 saturated carbocycles. The van der Waals surface area contributed by atoms with Crippen molar-refractivity contribution < 1.29 is 4.79 Å². The number of piperidine rings is 1. The van der Waals surface area contributed by atoms with Crippen LogP contribution in [0.3, 0.4) is 0 Å². The third-order valence-electron chi connectivity index (χ3n) is 3.86. The van der Waals surface area contributed by atoms with Gasteiger partial charge < -0.3 is 4.90 Å². The van der Waals surface area contributed by atoms with Crippen molar-refractivity contribution in [3.05, 3.63) is 33.8 Å². The lowest BCUT2D eigenvalue weighted by Crippen LogP contribution is -2.46. The van der Waals surface area contributed by atoms with Crippen LogP contribution in [0, 0.1) is 0 Å². The first kappa shape index (κ1) is 15.8. The van der Waals surface area contributed by atoms with Crippen LogP contribution >= 0.6 is 23.2 Å². The molecule has 0 aromatic heterocycles. The van der Waals surface area contributed by atoms with Gasteiger partial charge in [0, 0.05) is 18.2 Å². The minimum absolute atomic E-state index is 0.0827. The Morgan fingerprint density at radius 2 is 2.15 bits per heavy atom. The van der Waals surface area contributed by atoms with Crippen LogP contribution in [-0.2, 0) is 0 Å². The molecule has 3 nitrogen and oxygen atoms in total. The molecule has 110 valence electrons. The van der Waals surface area contributed by atoms with Crippen molar-refractivity contribution in [2.45, 2.75) is 18.9 Å². The highest BCUT2D eigenvalue weighted by atomic mass is 35.5. The maximum Gasteiger partial charge on any atom is 0.176 e. The summed E-state index contributed by atoms with van der Waals surface area (Å²) < 4.78 is 0. The Kier molecular flexibility index (Phi) is 5.44. The van der Waals surface area contributed by atoms with Crippen LogP contribution in [0.15, 0.2) is 18.2 Å². The van der Waals surface area contributed by atoms with Gasteiger partial charge in [-0.15, -0.1) is 0 Å². The van der Waals surface area contributed by atoms with Gasteiger partial charge in [-0.3, -0.25) is 9.69 Å². The number of benzene rings is 1. The van der Waals surface area contributed by atoms with Crippen molar-refractivity contribution in [1.29, 1.82) is 0 Å². The molecule has 1 unspecified atom stereocenters. The van der Waals surface area contributed by atoms with Crippen molar-refractivity contribution in [3.8, 4) is 0 Å². The summed E-state index contributed by atoms with van der Waals surface area (Å²) in [5.74, 6) is 0.0827. The van der Waals surface area contributed by atoms with Crippen molar-refractivity contribution in [2.24, 2.45) is 0 Å². The molecule has 0 radical (unpaired) electrons. The smallest absolute Gasteiger partial charge is 0.176 e. The van der Waals surface area contributed by atoms with Crippen LogP contribution in [0.5, 0.6) is 0 Å². The van der Waals surface area contributed by atoms with Gasteiger partial charge in [-0.05, 0) is 51.7 Å². The Morgan fingerprint density at radius 3 is 2.80 bits per heavy atom. The fraction of sp³-hybridized carbons (Fsp3) is 0.533. The molecule has 5 heteroatoms. The number of likely N-dealkylation sites (tertiary alicyclic amines) is 1. The number of likely N-dealkylation sites (N-methyl/N-ethyl adjacent to an activating group) is 2. The van der Waals surface area contributed by atoms with Crippen LogP contribution in [0.2, 0.25) is 10.0 Å². The standard InChI is InChI=1S/C15H20Cl2N2O/c1-18-7-3-4-12(9-18)19(2)10-15(20)11-5-6-13(16)14(17)8-11/h5-6,8,12H,3-4,7,9-10H2,1-2H3. The third-order valence-corrected chi connectivity index (χ3v) is 4.60. The minimum Gasteiger partial charge on any atom is -0.305 e. The molecule has 0 aliphatic carbocycles. The monoisotopic (exact) mass is 314 g/mol. The molecule has 2 rings (SSSR count). The molecule has 1 aromatic rings. The summed E-state index contributed by atoms with van der Waals surface area (Å²) >= 11 is 11.8. The van der Waals surface area contributed by atoms with E-state index in [-0.39, 0.29) is 5.78 Å². The topological polar surface area (TPSA) is 23.6 Å². The molecule has 1 fully saturated rings. The van der Waals surface area contributed by atoms with Gasteiger partial charge >= 0.3 is 0 Å². The van der Waals surface area contributed by atoms with Crippen LogP contribution in [0.1, 0.15) is 23.2 Å². The number of carbonyl (C=O) groups excluding carboxylic acids is 1. The number of carbonyl (C=O) groups is 1. The maximum absolute atomic E-state index is 12.3. The van der Waals surface area contributed by atoms with E-state index in [2.05, 4.69) is 16.8 Å². The van der Waals surface area contributed by atoms with Gasteiger partial charge in [0.05, 0.1) is 16.6 Å². The maximum atomic E-state index is 12.3. The van der Waals surface area contributed by atoms with Gasteiger partial charge in [-0.25, -0.2) is 0 Å². The van der Waals surface area contributed by atoms with Gasteiger partial charge in [0.1, 0.15) is 0 Å². The molecule has 20 heavy (non-hydrogen) atoms. The molecular formula is C15H20Cl2N2O. The first-order valence-electron chi connectivity index (χ1n) is 6.84. The van der Waals surface area contributed by atoms with Crippen LogP contribution < -0.4 is 0 Å². The average molecular weight is 315 g/mol. The lowest BCUT2D eigenvalue weighted by molar-refractivity contribution is 0.0857. The minimum atomic E-state index is 0.0827. The Morgan fingerprint density at radius 1 is 1.40 bits per heavy atom. The summed E-state index contributed by atoms with van der Waals surface area (Å²) in [6.07, 6.45) is 2.34. The number of halogens is 2. The zero-order chi connectivity index (χ0) is 14.7. The zero-order valence-electron chi connectivity index (χ0n) is 11.9. The van der Waals surface area contributed by atoms with E-state index < -0.39 is 0 Å². The highest BCUT2D eigenvalue weighted by Gasteiger charge is 2.22. The number of hydrogen-bond acceptors (Lipinski definition) is 3. The second-order valence-corrected chi connectivity index (χ2v) is 6.34. The van der Waals surface area contributed by atoms with Crippen molar-refractivity contribution in [3.63, 3.8) is 0 Å². The number of nitrogens with zero attached hydrogens (tertiary/aromatic N) is 2. The zero-order valence-corrected chi connectivity index (χ0v) is 13.4. The Labute approximate surface area is 130 Å². The molecule has 0 amide bonds. The second-order valence-electron chi connectivity index (χ2n) is 5.53. The molecule has 1 aliphatic heterocycles. The van der Waals surface area contributed by atoms with E-state index in [1.54, 1.807) is 18.2 Å². The predicted molar refractivity (Wildman–Crippen MR) is 83.9 cm³/mol. The molecule has 0 N–H and O–H groups in total. The predicted octanol–water partition coefficient (Wildman–Crippen LogP) is 3.20. The summed E-state index contributed by atoms with van der Waals surface area (Å²) in [4.78, 5) is 16.7. The molecule has 1 heterocycles. The fourth-order valence-corrected chi connectivity index (χ4v) is 2.91. The summed E-state index contributed by atoms with van der Waals surface area (Å²) in [6.45, 7) is 2.58. The van der Waals surface area contributed by atoms with Crippen LogP contribution in [0.4, 0.5) is 0 Å². The molecule has 1 saturated heterocycles. The van der Waals surface area contributed by atoms with Gasteiger partial charge in [-0.1, -0.05) is 23.2 Å². The van der Waals surface area contributed by atoms with E-state index in [1.165, 1.54) is 6.42 Å². The second kappa shape index (κ2) is 6.90. The Hall–Kier alpha value is -0.610. The van der Waals surface area contributed by atoms with E-state index in [1.807, 2.05) is 7.05 Å². The van der Waals surface area contributed by atoms with Crippen LogP contribution in [-0.4, -0.2) is 55.4 Å². The first-order chi connectivity index (χ1) is 9.47. The largest absolute Gasteiger partial charge is 0.305 e. The van der Waals surface area contributed by atoms with Gasteiger partial charge in [0.25, 0.3) is 0 Å². The van der Waals surface area contributed by atoms with Crippen LogP contribution in [0.25, 0.3) is 0 Å². The summed E-state index contributed by atoms with van der Waals surface area (Å²) in [5, 5.41) is 0.906.